The summed E-state index contributed by atoms with van der Waals surface area (Å²) >= 11 is 0. The van der Waals surface area contributed by atoms with Crippen LogP contribution < -0.4 is 11.5 Å². The monoisotopic (exact) mass is 244 g/mol. The lowest BCUT2D eigenvalue weighted by Gasteiger charge is -2.17. The van der Waals surface area contributed by atoms with Crippen LogP contribution >= 0.6 is 0 Å². The zero-order valence-electron chi connectivity index (χ0n) is 11.4. The number of nitrogens with zero attached hydrogens (tertiary/aromatic N) is 2. The van der Waals surface area contributed by atoms with Crippen LogP contribution in [0.2, 0.25) is 0 Å². The van der Waals surface area contributed by atoms with Crippen molar-refractivity contribution in [1.82, 2.24) is 9.97 Å². The van der Waals surface area contributed by atoms with Gasteiger partial charge in [0.2, 0.25) is 5.95 Å². The van der Waals surface area contributed by atoms with Crippen LogP contribution in [0.5, 0.6) is 0 Å². The molecule has 2 aromatic rings. The van der Waals surface area contributed by atoms with Crippen molar-refractivity contribution in [3.63, 3.8) is 0 Å². The van der Waals surface area contributed by atoms with Gasteiger partial charge in [-0.15, -0.1) is 0 Å². The SMILES string of the molecule is CC(C)c1cc(C(C)C)c2nc(N)ncc2c1N. The Kier molecular flexibility index (Phi) is 3.11. The fourth-order valence-electron chi connectivity index (χ4n) is 2.20. The summed E-state index contributed by atoms with van der Waals surface area (Å²) in [6.45, 7) is 8.57. The second-order valence-electron chi connectivity index (χ2n) is 5.27. The summed E-state index contributed by atoms with van der Waals surface area (Å²) in [5.74, 6) is 1.05. The quantitative estimate of drug-likeness (QED) is 0.796. The number of fused-ring (bicyclic) bond motifs is 1. The first-order valence-electron chi connectivity index (χ1n) is 6.26. The highest BCUT2D eigenvalue weighted by molar-refractivity contribution is 5.94. The third kappa shape index (κ3) is 1.98. The number of hydrogen-bond donors (Lipinski definition) is 2. The lowest BCUT2D eigenvalue weighted by atomic mass is 9.91. The molecule has 0 amide bonds. The molecule has 4 N–H and O–H groups in total. The van der Waals surface area contributed by atoms with Gasteiger partial charge in [-0.3, -0.25) is 0 Å². The first-order valence-corrected chi connectivity index (χ1v) is 6.26. The van der Waals surface area contributed by atoms with Crippen molar-refractivity contribution in [2.75, 3.05) is 11.5 Å². The highest BCUT2D eigenvalue weighted by Crippen LogP contribution is 2.34. The van der Waals surface area contributed by atoms with Gasteiger partial charge >= 0.3 is 0 Å². The molecule has 0 atom stereocenters. The van der Waals surface area contributed by atoms with Crippen LogP contribution in [-0.4, -0.2) is 9.97 Å². The molecule has 0 fully saturated rings. The Morgan fingerprint density at radius 3 is 2.17 bits per heavy atom. The Morgan fingerprint density at radius 1 is 1.00 bits per heavy atom. The van der Waals surface area contributed by atoms with Crippen molar-refractivity contribution in [2.45, 2.75) is 39.5 Å². The molecule has 0 aliphatic rings. The van der Waals surface area contributed by atoms with Gasteiger partial charge in [0, 0.05) is 17.3 Å². The molecular formula is C14H20N4. The second kappa shape index (κ2) is 4.44. The fourth-order valence-corrected chi connectivity index (χ4v) is 2.20. The maximum Gasteiger partial charge on any atom is 0.220 e. The zero-order valence-corrected chi connectivity index (χ0v) is 11.4. The first kappa shape index (κ1) is 12.6. The van der Waals surface area contributed by atoms with Crippen LogP contribution in [0, 0.1) is 0 Å². The normalized spacial score (nSPS) is 11.7. The van der Waals surface area contributed by atoms with Crippen LogP contribution in [0.3, 0.4) is 0 Å². The summed E-state index contributed by atoms with van der Waals surface area (Å²) in [6, 6.07) is 2.15. The first-order chi connectivity index (χ1) is 8.41. The van der Waals surface area contributed by atoms with Gasteiger partial charge in [0.05, 0.1) is 5.52 Å². The average molecular weight is 244 g/mol. The van der Waals surface area contributed by atoms with E-state index in [0.717, 1.165) is 22.2 Å². The van der Waals surface area contributed by atoms with Crippen LogP contribution in [0.25, 0.3) is 10.9 Å². The molecule has 4 nitrogen and oxygen atoms in total. The third-order valence-corrected chi connectivity index (χ3v) is 3.24. The molecule has 0 bridgehead atoms. The minimum atomic E-state index is 0.293. The van der Waals surface area contributed by atoms with E-state index >= 15 is 0 Å². The fraction of sp³-hybridized carbons (Fsp3) is 0.429. The molecule has 2 rings (SSSR count). The lowest BCUT2D eigenvalue weighted by molar-refractivity contribution is 0.841. The average Bonchev–Trinajstić information content (AvgIpc) is 2.28. The molecular weight excluding hydrogens is 224 g/mol. The van der Waals surface area contributed by atoms with E-state index in [1.807, 2.05) is 0 Å². The van der Waals surface area contributed by atoms with E-state index in [2.05, 4.69) is 43.7 Å². The second-order valence-corrected chi connectivity index (χ2v) is 5.27. The highest BCUT2D eigenvalue weighted by atomic mass is 15.0. The van der Waals surface area contributed by atoms with Crippen molar-refractivity contribution in [3.8, 4) is 0 Å². The lowest BCUT2D eigenvalue weighted by Crippen LogP contribution is -2.05. The Morgan fingerprint density at radius 2 is 1.61 bits per heavy atom. The summed E-state index contributed by atoms with van der Waals surface area (Å²) in [4.78, 5) is 8.40. The summed E-state index contributed by atoms with van der Waals surface area (Å²) in [5.41, 5.74) is 15.9. The standard InChI is InChI=1S/C14H20N4/c1-7(2)9-5-10(8(3)4)13-11(12(9)15)6-17-14(16)18-13/h5-8H,15H2,1-4H3,(H2,16,17,18). The molecule has 18 heavy (non-hydrogen) atoms. The van der Waals surface area contributed by atoms with Gasteiger partial charge < -0.3 is 11.5 Å². The number of hydrogen-bond acceptors (Lipinski definition) is 4. The van der Waals surface area contributed by atoms with Crippen molar-refractivity contribution < 1.29 is 0 Å². The summed E-state index contributed by atoms with van der Waals surface area (Å²) in [6.07, 6.45) is 1.73. The summed E-state index contributed by atoms with van der Waals surface area (Å²) < 4.78 is 0. The third-order valence-electron chi connectivity index (χ3n) is 3.24. The molecule has 1 heterocycles. The number of aromatic nitrogens is 2. The molecule has 4 heteroatoms. The Hall–Kier alpha value is -1.84. The number of rotatable bonds is 2. The van der Waals surface area contributed by atoms with Crippen molar-refractivity contribution in [2.24, 2.45) is 0 Å². The Balaban J connectivity index is 2.87. The van der Waals surface area contributed by atoms with Crippen LogP contribution in [-0.2, 0) is 0 Å². The predicted octanol–water partition coefficient (Wildman–Crippen LogP) is 3.04. The van der Waals surface area contributed by atoms with E-state index in [4.69, 9.17) is 11.5 Å². The predicted molar refractivity (Wildman–Crippen MR) is 76.5 cm³/mol. The molecule has 96 valence electrons. The molecule has 1 aromatic carbocycles. The van der Waals surface area contributed by atoms with E-state index in [9.17, 15) is 0 Å². The number of benzene rings is 1. The van der Waals surface area contributed by atoms with Gasteiger partial charge in [-0.2, -0.15) is 0 Å². The molecule has 0 aliphatic heterocycles. The smallest absolute Gasteiger partial charge is 0.220 e. The molecule has 0 aliphatic carbocycles. The number of nitrogens with two attached hydrogens (primary N) is 2. The van der Waals surface area contributed by atoms with Crippen molar-refractivity contribution in [3.05, 3.63) is 23.4 Å². The van der Waals surface area contributed by atoms with E-state index in [-0.39, 0.29) is 0 Å². The molecule has 0 saturated heterocycles. The highest BCUT2D eigenvalue weighted by Gasteiger charge is 2.15. The maximum absolute atomic E-state index is 6.22. The molecule has 0 spiro atoms. The minimum absolute atomic E-state index is 0.293. The van der Waals surface area contributed by atoms with Crippen molar-refractivity contribution in [1.29, 1.82) is 0 Å². The zero-order chi connectivity index (χ0) is 13.4. The number of anilines is 2. The summed E-state index contributed by atoms with van der Waals surface area (Å²) in [7, 11) is 0. The van der Waals surface area contributed by atoms with Gasteiger partial charge in [-0.1, -0.05) is 33.8 Å². The Labute approximate surface area is 107 Å². The van der Waals surface area contributed by atoms with Crippen LogP contribution in [0.4, 0.5) is 11.6 Å². The van der Waals surface area contributed by atoms with E-state index in [1.165, 1.54) is 5.56 Å². The minimum Gasteiger partial charge on any atom is -0.398 e. The molecule has 0 radical (unpaired) electrons. The van der Waals surface area contributed by atoms with E-state index in [0.29, 0.717) is 17.8 Å². The van der Waals surface area contributed by atoms with Crippen LogP contribution in [0.1, 0.15) is 50.7 Å². The van der Waals surface area contributed by atoms with Crippen LogP contribution in [0.15, 0.2) is 12.3 Å². The van der Waals surface area contributed by atoms with Gasteiger partial charge in [0.25, 0.3) is 0 Å². The van der Waals surface area contributed by atoms with Gasteiger partial charge in [0.1, 0.15) is 0 Å². The largest absolute Gasteiger partial charge is 0.398 e. The molecule has 0 saturated carbocycles. The number of nitrogen functional groups attached to an aromatic ring is 2. The van der Waals surface area contributed by atoms with Gasteiger partial charge in [-0.05, 0) is 23.0 Å². The van der Waals surface area contributed by atoms with E-state index in [1.54, 1.807) is 6.20 Å². The van der Waals surface area contributed by atoms with Crippen molar-refractivity contribution >= 4 is 22.5 Å². The maximum atomic E-state index is 6.22. The summed E-state index contributed by atoms with van der Waals surface area (Å²) in [5, 5.41) is 0.902. The van der Waals surface area contributed by atoms with E-state index < -0.39 is 0 Å². The van der Waals surface area contributed by atoms with Gasteiger partial charge in [-0.25, -0.2) is 9.97 Å². The molecule has 1 aromatic heterocycles. The van der Waals surface area contributed by atoms with Gasteiger partial charge in [0.15, 0.2) is 0 Å². The topological polar surface area (TPSA) is 77.8 Å². The molecule has 0 unspecified atom stereocenters. The Bertz CT molecular complexity index is 588.